The zero-order valence-corrected chi connectivity index (χ0v) is 15.6. The number of esters is 1. The van der Waals surface area contributed by atoms with Crippen LogP contribution in [-0.4, -0.2) is 54.5 Å². The maximum atomic E-state index is 12.3. The number of hydrogen-bond acceptors (Lipinski definition) is 4. The first kappa shape index (κ1) is 17.5. The van der Waals surface area contributed by atoms with Crippen LogP contribution in [0, 0.1) is 5.41 Å². The average Bonchev–Trinajstić information content (AvgIpc) is 3.49. The van der Waals surface area contributed by atoms with Crippen molar-refractivity contribution in [3.8, 4) is 0 Å². The highest BCUT2D eigenvalue weighted by Gasteiger charge is 2.45. The molecule has 0 unspecified atom stereocenters. The van der Waals surface area contributed by atoms with E-state index in [4.69, 9.17) is 4.74 Å². The molecular formula is C21H28N2O3. The summed E-state index contributed by atoms with van der Waals surface area (Å²) in [5, 5.41) is 0. The number of ether oxygens (including phenoxy) is 1. The molecule has 4 rings (SSSR count). The van der Waals surface area contributed by atoms with Crippen LogP contribution in [0.25, 0.3) is 0 Å². The van der Waals surface area contributed by atoms with Crippen LogP contribution in [-0.2, 0) is 16.1 Å². The van der Waals surface area contributed by atoms with Crippen LogP contribution in [0.4, 0.5) is 0 Å². The third kappa shape index (κ3) is 3.63. The first-order valence-electron chi connectivity index (χ1n) is 9.78. The summed E-state index contributed by atoms with van der Waals surface area (Å²) in [6.45, 7) is 3.92. The molecule has 3 aliphatic rings. The van der Waals surface area contributed by atoms with Crippen molar-refractivity contribution in [2.45, 2.75) is 51.1 Å². The number of methoxy groups -OCH3 is 1. The number of rotatable bonds is 4. The Hall–Kier alpha value is -1.88. The van der Waals surface area contributed by atoms with Crippen molar-refractivity contribution in [2.24, 2.45) is 5.41 Å². The number of nitrogens with zero attached hydrogens (tertiary/aromatic N) is 2. The molecule has 1 aromatic carbocycles. The Morgan fingerprint density at radius 3 is 2.88 bits per heavy atom. The van der Waals surface area contributed by atoms with E-state index in [9.17, 15) is 9.59 Å². The molecule has 2 heterocycles. The number of carbonyl (C=O) groups excluding carboxylic acids is 2. The number of hydrogen-bond donors (Lipinski definition) is 0. The topological polar surface area (TPSA) is 49.9 Å². The molecule has 0 radical (unpaired) electrons. The van der Waals surface area contributed by atoms with Gasteiger partial charge in [-0.25, -0.2) is 4.79 Å². The molecule has 3 fully saturated rings. The van der Waals surface area contributed by atoms with Crippen molar-refractivity contribution in [2.75, 3.05) is 26.7 Å². The van der Waals surface area contributed by atoms with Gasteiger partial charge in [0.05, 0.1) is 12.7 Å². The maximum Gasteiger partial charge on any atom is 0.337 e. The highest BCUT2D eigenvalue weighted by atomic mass is 16.5. The van der Waals surface area contributed by atoms with Gasteiger partial charge in [-0.15, -0.1) is 0 Å². The highest BCUT2D eigenvalue weighted by Crippen LogP contribution is 2.42. The Morgan fingerprint density at radius 1 is 1.27 bits per heavy atom. The molecule has 1 saturated carbocycles. The van der Waals surface area contributed by atoms with Crippen molar-refractivity contribution >= 4 is 11.9 Å². The summed E-state index contributed by atoms with van der Waals surface area (Å²) < 4.78 is 4.83. The van der Waals surface area contributed by atoms with E-state index >= 15 is 0 Å². The van der Waals surface area contributed by atoms with E-state index in [-0.39, 0.29) is 11.4 Å². The van der Waals surface area contributed by atoms with Gasteiger partial charge in [0, 0.05) is 37.5 Å². The van der Waals surface area contributed by atoms with Crippen molar-refractivity contribution in [1.82, 2.24) is 9.80 Å². The van der Waals surface area contributed by atoms with Gasteiger partial charge in [-0.3, -0.25) is 9.69 Å². The molecule has 2 saturated heterocycles. The Labute approximate surface area is 155 Å². The predicted molar refractivity (Wildman–Crippen MR) is 98.7 cm³/mol. The molecule has 1 atom stereocenters. The lowest BCUT2D eigenvalue weighted by Crippen LogP contribution is -2.54. The van der Waals surface area contributed by atoms with Gasteiger partial charge in [0.2, 0.25) is 5.91 Å². The fourth-order valence-corrected chi connectivity index (χ4v) is 4.71. The van der Waals surface area contributed by atoms with Gasteiger partial charge in [-0.05, 0) is 56.3 Å². The van der Waals surface area contributed by atoms with Gasteiger partial charge >= 0.3 is 5.97 Å². The summed E-state index contributed by atoms with van der Waals surface area (Å²) in [6, 6.07) is 8.26. The standard InChI is InChI=1S/C21H28N2O3/c1-26-20(25)17-5-2-4-16(12-17)13-22-11-3-9-21(14-22)10-8-19(24)23(15-21)18-6-7-18/h2,4-5,12,18H,3,6-11,13-15H2,1H3/t21-/m0/s1. The molecule has 1 amide bonds. The van der Waals surface area contributed by atoms with Crippen LogP contribution >= 0.6 is 0 Å². The van der Waals surface area contributed by atoms with Gasteiger partial charge in [0.15, 0.2) is 0 Å². The number of benzene rings is 1. The minimum atomic E-state index is -0.284. The van der Waals surface area contributed by atoms with Gasteiger partial charge in [0.1, 0.15) is 0 Å². The van der Waals surface area contributed by atoms with Gasteiger partial charge in [-0.2, -0.15) is 0 Å². The molecule has 5 heteroatoms. The van der Waals surface area contributed by atoms with E-state index in [1.54, 1.807) is 6.07 Å². The zero-order chi connectivity index (χ0) is 18.1. The third-order valence-corrected chi connectivity index (χ3v) is 6.18. The lowest BCUT2D eigenvalue weighted by atomic mass is 9.73. The average molecular weight is 356 g/mol. The SMILES string of the molecule is COC(=O)c1cccc(CN2CCC[C@]3(CCC(=O)N(C4CC4)C3)C2)c1. The van der Waals surface area contributed by atoms with Crippen LogP contribution < -0.4 is 0 Å². The molecule has 26 heavy (non-hydrogen) atoms. The molecule has 1 aliphatic carbocycles. The Morgan fingerprint density at radius 2 is 2.12 bits per heavy atom. The van der Waals surface area contributed by atoms with E-state index < -0.39 is 0 Å². The number of amides is 1. The van der Waals surface area contributed by atoms with Crippen LogP contribution in [0.2, 0.25) is 0 Å². The van der Waals surface area contributed by atoms with E-state index in [1.165, 1.54) is 32.8 Å². The van der Waals surface area contributed by atoms with Crippen LogP contribution in [0.15, 0.2) is 24.3 Å². The number of piperidine rings is 2. The molecule has 0 aromatic heterocycles. The first-order valence-corrected chi connectivity index (χ1v) is 9.78. The summed E-state index contributed by atoms with van der Waals surface area (Å²) >= 11 is 0. The summed E-state index contributed by atoms with van der Waals surface area (Å²) in [6.07, 6.45) is 6.51. The van der Waals surface area contributed by atoms with Gasteiger partial charge in [-0.1, -0.05) is 12.1 Å². The molecule has 0 N–H and O–H groups in total. The molecule has 1 spiro atoms. The number of carbonyl (C=O) groups is 2. The Bertz CT molecular complexity index is 700. The molecule has 140 valence electrons. The minimum Gasteiger partial charge on any atom is -0.465 e. The monoisotopic (exact) mass is 356 g/mol. The van der Waals surface area contributed by atoms with Crippen molar-refractivity contribution in [3.05, 3.63) is 35.4 Å². The quantitative estimate of drug-likeness (QED) is 0.779. The second kappa shape index (κ2) is 7.03. The van der Waals surface area contributed by atoms with Crippen LogP contribution in [0.5, 0.6) is 0 Å². The molecule has 2 aliphatic heterocycles. The van der Waals surface area contributed by atoms with E-state index in [0.717, 1.165) is 38.2 Å². The lowest BCUT2D eigenvalue weighted by molar-refractivity contribution is -0.140. The van der Waals surface area contributed by atoms with Gasteiger partial charge in [0.25, 0.3) is 0 Å². The minimum absolute atomic E-state index is 0.259. The largest absolute Gasteiger partial charge is 0.465 e. The maximum absolute atomic E-state index is 12.3. The molecule has 1 aromatic rings. The second-order valence-electron chi connectivity index (χ2n) is 8.26. The Kier molecular flexibility index (Phi) is 4.74. The summed E-state index contributed by atoms with van der Waals surface area (Å²) in [7, 11) is 1.42. The summed E-state index contributed by atoms with van der Waals surface area (Å²) in [4.78, 5) is 28.7. The predicted octanol–water partition coefficient (Wildman–Crippen LogP) is 2.84. The van der Waals surface area contributed by atoms with E-state index in [1.807, 2.05) is 12.1 Å². The first-order chi connectivity index (χ1) is 12.6. The zero-order valence-electron chi connectivity index (χ0n) is 15.6. The van der Waals surface area contributed by atoms with E-state index in [2.05, 4.69) is 15.9 Å². The molecular weight excluding hydrogens is 328 g/mol. The molecule has 0 bridgehead atoms. The number of likely N-dealkylation sites (tertiary alicyclic amines) is 2. The van der Waals surface area contributed by atoms with Crippen molar-refractivity contribution in [1.29, 1.82) is 0 Å². The summed E-state index contributed by atoms with van der Waals surface area (Å²) in [5.41, 5.74) is 2.02. The van der Waals surface area contributed by atoms with Crippen molar-refractivity contribution in [3.63, 3.8) is 0 Å². The second-order valence-corrected chi connectivity index (χ2v) is 8.26. The van der Waals surface area contributed by atoms with Gasteiger partial charge < -0.3 is 9.64 Å². The summed E-state index contributed by atoms with van der Waals surface area (Å²) in [5.74, 6) is 0.0776. The molecule has 5 nitrogen and oxygen atoms in total. The lowest BCUT2D eigenvalue weighted by Gasteiger charge is -2.48. The smallest absolute Gasteiger partial charge is 0.337 e. The Balaban J connectivity index is 1.44. The normalized spacial score (nSPS) is 27.0. The van der Waals surface area contributed by atoms with Crippen LogP contribution in [0.1, 0.15) is 54.4 Å². The van der Waals surface area contributed by atoms with Crippen molar-refractivity contribution < 1.29 is 14.3 Å². The van der Waals surface area contributed by atoms with Crippen LogP contribution in [0.3, 0.4) is 0 Å². The third-order valence-electron chi connectivity index (χ3n) is 6.18. The fourth-order valence-electron chi connectivity index (χ4n) is 4.71. The highest BCUT2D eigenvalue weighted by molar-refractivity contribution is 5.89. The van der Waals surface area contributed by atoms with E-state index in [0.29, 0.717) is 23.9 Å². The fraction of sp³-hybridized carbons (Fsp3) is 0.619.